The summed E-state index contributed by atoms with van der Waals surface area (Å²) in [6.45, 7) is 0.143. The molecule has 2 aromatic rings. The molecule has 0 unspecified atom stereocenters. The number of rotatable bonds is 5. The van der Waals surface area contributed by atoms with Crippen LogP contribution in [0.5, 0.6) is 0 Å². The minimum absolute atomic E-state index is 0.0570. The van der Waals surface area contributed by atoms with E-state index in [-0.39, 0.29) is 18.7 Å². The molecule has 0 radical (unpaired) electrons. The summed E-state index contributed by atoms with van der Waals surface area (Å²) >= 11 is 0. The number of amides is 2. The number of hydrogen-bond donors (Lipinski definition) is 3. The average molecular weight is 275 g/mol. The second kappa shape index (κ2) is 6.01. The maximum Gasteiger partial charge on any atom is 0.268 e. The summed E-state index contributed by atoms with van der Waals surface area (Å²) in [7, 11) is 0. The van der Waals surface area contributed by atoms with Gasteiger partial charge in [0.05, 0.1) is 0 Å². The van der Waals surface area contributed by atoms with Crippen molar-refractivity contribution < 1.29 is 14.0 Å². The third kappa shape index (κ3) is 3.03. The van der Waals surface area contributed by atoms with Gasteiger partial charge in [-0.1, -0.05) is 18.2 Å². The summed E-state index contributed by atoms with van der Waals surface area (Å²) in [6.07, 6.45) is 1.62. The summed E-state index contributed by atoms with van der Waals surface area (Å²) < 4.78 is 13.7. The van der Waals surface area contributed by atoms with Crippen LogP contribution in [0.4, 0.5) is 4.39 Å². The fourth-order valence-electron chi connectivity index (χ4n) is 1.85. The second-order valence-corrected chi connectivity index (χ2v) is 4.22. The van der Waals surface area contributed by atoms with Gasteiger partial charge in [-0.15, -0.1) is 0 Å². The number of aromatic amines is 1. The van der Waals surface area contributed by atoms with Gasteiger partial charge < -0.3 is 16.0 Å². The van der Waals surface area contributed by atoms with Crippen molar-refractivity contribution in [3.63, 3.8) is 0 Å². The van der Waals surface area contributed by atoms with Crippen molar-refractivity contribution in [3.8, 4) is 11.1 Å². The molecule has 1 aromatic carbocycles. The van der Waals surface area contributed by atoms with Gasteiger partial charge in [0.25, 0.3) is 5.91 Å². The van der Waals surface area contributed by atoms with Gasteiger partial charge in [0.1, 0.15) is 11.5 Å². The highest BCUT2D eigenvalue weighted by Crippen LogP contribution is 2.25. The summed E-state index contributed by atoms with van der Waals surface area (Å²) in [4.78, 5) is 25.4. The number of primary amides is 1. The molecule has 20 heavy (non-hydrogen) atoms. The zero-order chi connectivity index (χ0) is 14.5. The van der Waals surface area contributed by atoms with Crippen molar-refractivity contribution in [1.82, 2.24) is 10.3 Å². The van der Waals surface area contributed by atoms with Crippen LogP contribution in [0.15, 0.2) is 36.5 Å². The van der Waals surface area contributed by atoms with Crippen molar-refractivity contribution in [2.24, 2.45) is 5.73 Å². The van der Waals surface area contributed by atoms with E-state index in [0.29, 0.717) is 11.1 Å². The Morgan fingerprint density at radius 1 is 1.20 bits per heavy atom. The third-order valence-corrected chi connectivity index (χ3v) is 2.80. The van der Waals surface area contributed by atoms with Crippen LogP contribution in [0.3, 0.4) is 0 Å². The van der Waals surface area contributed by atoms with Crippen LogP contribution in [-0.2, 0) is 4.79 Å². The first-order valence-electron chi connectivity index (χ1n) is 6.08. The van der Waals surface area contributed by atoms with Crippen molar-refractivity contribution in [3.05, 3.63) is 48.0 Å². The smallest absolute Gasteiger partial charge is 0.268 e. The lowest BCUT2D eigenvalue weighted by molar-refractivity contribution is -0.117. The fourth-order valence-corrected chi connectivity index (χ4v) is 1.85. The SMILES string of the molecule is NC(=O)CCNC(=O)c1[nH]ccc1-c1ccccc1F. The number of aromatic nitrogens is 1. The molecule has 0 fully saturated rings. The highest BCUT2D eigenvalue weighted by atomic mass is 19.1. The molecule has 0 atom stereocenters. The van der Waals surface area contributed by atoms with Crippen molar-refractivity contribution in [2.75, 3.05) is 6.54 Å². The standard InChI is InChI=1S/C14H14FN3O2/c15-11-4-2-1-3-9(11)10-5-7-17-13(10)14(20)18-8-6-12(16)19/h1-5,7,17H,6,8H2,(H2,16,19)(H,18,20). The quantitative estimate of drug-likeness (QED) is 0.770. The molecule has 2 amide bonds. The Morgan fingerprint density at radius 2 is 1.95 bits per heavy atom. The van der Waals surface area contributed by atoms with Crippen LogP contribution in [0.25, 0.3) is 11.1 Å². The molecule has 1 heterocycles. The van der Waals surface area contributed by atoms with Gasteiger partial charge in [-0.3, -0.25) is 9.59 Å². The van der Waals surface area contributed by atoms with Gasteiger partial charge in [0.15, 0.2) is 0 Å². The van der Waals surface area contributed by atoms with Crippen LogP contribution >= 0.6 is 0 Å². The number of hydrogen-bond acceptors (Lipinski definition) is 2. The lowest BCUT2D eigenvalue weighted by Crippen LogP contribution is -2.28. The Balaban J connectivity index is 2.19. The van der Waals surface area contributed by atoms with Crippen LogP contribution in [0.1, 0.15) is 16.9 Å². The van der Waals surface area contributed by atoms with Gasteiger partial charge in [-0.25, -0.2) is 4.39 Å². The van der Waals surface area contributed by atoms with Crippen LogP contribution in [0, 0.1) is 5.82 Å². The molecule has 4 N–H and O–H groups in total. The zero-order valence-corrected chi connectivity index (χ0v) is 10.7. The first kappa shape index (κ1) is 13.8. The Bertz CT molecular complexity index is 637. The first-order chi connectivity index (χ1) is 9.59. The largest absolute Gasteiger partial charge is 0.370 e. The Hall–Kier alpha value is -2.63. The molecular formula is C14H14FN3O2. The van der Waals surface area contributed by atoms with Gasteiger partial charge in [-0.05, 0) is 12.1 Å². The van der Waals surface area contributed by atoms with Crippen LogP contribution < -0.4 is 11.1 Å². The predicted octanol–water partition coefficient (Wildman–Crippen LogP) is 1.43. The molecule has 104 valence electrons. The molecule has 0 aliphatic rings. The number of nitrogens with two attached hydrogens (primary N) is 1. The maximum atomic E-state index is 13.7. The molecule has 0 spiro atoms. The molecule has 0 bridgehead atoms. The maximum absolute atomic E-state index is 13.7. The minimum Gasteiger partial charge on any atom is -0.370 e. The molecule has 1 aromatic heterocycles. The average Bonchev–Trinajstić information content (AvgIpc) is 2.87. The van der Waals surface area contributed by atoms with E-state index >= 15 is 0 Å². The molecule has 0 aliphatic heterocycles. The van der Waals surface area contributed by atoms with Crippen molar-refractivity contribution >= 4 is 11.8 Å². The normalized spacial score (nSPS) is 10.2. The van der Waals surface area contributed by atoms with E-state index in [1.165, 1.54) is 6.07 Å². The zero-order valence-electron chi connectivity index (χ0n) is 10.7. The lowest BCUT2D eigenvalue weighted by Gasteiger charge is -2.06. The summed E-state index contributed by atoms with van der Waals surface area (Å²) in [5.74, 6) is -1.31. The van der Waals surface area contributed by atoms with E-state index in [9.17, 15) is 14.0 Å². The molecule has 0 aliphatic carbocycles. The van der Waals surface area contributed by atoms with Crippen LogP contribution in [-0.4, -0.2) is 23.3 Å². The van der Waals surface area contributed by atoms with E-state index in [1.54, 1.807) is 30.5 Å². The number of nitrogens with one attached hydrogen (secondary N) is 2. The van der Waals surface area contributed by atoms with E-state index in [1.807, 2.05) is 0 Å². The lowest BCUT2D eigenvalue weighted by atomic mass is 10.1. The number of halogens is 1. The van der Waals surface area contributed by atoms with E-state index in [2.05, 4.69) is 10.3 Å². The third-order valence-electron chi connectivity index (χ3n) is 2.80. The molecule has 0 saturated carbocycles. The van der Waals surface area contributed by atoms with Crippen molar-refractivity contribution in [1.29, 1.82) is 0 Å². The first-order valence-corrected chi connectivity index (χ1v) is 6.08. The molecule has 0 saturated heterocycles. The van der Waals surface area contributed by atoms with Gasteiger partial charge in [-0.2, -0.15) is 0 Å². The Morgan fingerprint density at radius 3 is 2.65 bits per heavy atom. The molecular weight excluding hydrogens is 261 g/mol. The Kier molecular flexibility index (Phi) is 4.14. The number of benzene rings is 1. The van der Waals surface area contributed by atoms with Gasteiger partial charge in [0.2, 0.25) is 5.91 Å². The summed E-state index contributed by atoms with van der Waals surface area (Å²) in [5.41, 5.74) is 6.05. The van der Waals surface area contributed by atoms with Crippen molar-refractivity contribution in [2.45, 2.75) is 6.42 Å². The molecule has 2 rings (SSSR count). The highest BCUT2D eigenvalue weighted by Gasteiger charge is 2.16. The van der Waals surface area contributed by atoms with E-state index < -0.39 is 17.6 Å². The van der Waals surface area contributed by atoms with E-state index in [4.69, 9.17) is 5.73 Å². The second-order valence-electron chi connectivity index (χ2n) is 4.22. The summed E-state index contributed by atoms with van der Waals surface area (Å²) in [6, 6.07) is 7.83. The molecule has 6 heteroatoms. The minimum atomic E-state index is -0.494. The highest BCUT2D eigenvalue weighted by molar-refractivity contribution is 5.99. The topological polar surface area (TPSA) is 88.0 Å². The summed E-state index contributed by atoms with van der Waals surface area (Å²) in [5, 5.41) is 2.55. The number of carbonyl (C=O) groups is 2. The Labute approximate surface area is 115 Å². The monoisotopic (exact) mass is 275 g/mol. The number of H-pyrrole nitrogens is 1. The predicted molar refractivity (Wildman–Crippen MR) is 72.3 cm³/mol. The van der Waals surface area contributed by atoms with E-state index in [0.717, 1.165) is 0 Å². The van der Waals surface area contributed by atoms with Gasteiger partial charge >= 0.3 is 0 Å². The van der Waals surface area contributed by atoms with Crippen LogP contribution in [0.2, 0.25) is 0 Å². The van der Waals surface area contributed by atoms with Gasteiger partial charge in [0, 0.05) is 30.3 Å². The molecule has 5 nitrogen and oxygen atoms in total. The number of carbonyl (C=O) groups excluding carboxylic acids is 2. The fraction of sp³-hybridized carbons (Fsp3) is 0.143.